The molecule has 0 bridgehead atoms. The molecule has 2 N–H and O–H groups in total. The summed E-state index contributed by atoms with van der Waals surface area (Å²) in [5.41, 5.74) is 1.78. The van der Waals surface area contributed by atoms with Crippen LogP contribution in [0.4, 0.5) is 0 Å². The highest BCUT2D eigenvalue weighted by Gasteiger charge is 2.24. The van der Waals surface area contributed by atoms with E-state index in [1.807, 2.05) is 24.3 Å². The van der Waals surface area contributed by atoms with Gasteiger partial charge in [0.2, 0.25) is 0 Å². The van der Waals surface area contributed by atoms with Crippen LogP contribution >= 0.6 is 24.0 Å². The second-order valence-electron chi connectivity index (χ2n) is 6.11. The normalized spacial score (nSPS) is 15.2. The maximum absolute atomic E-state index is 8.87. The van der Waals surface area contributed by atoms with Crippen molar-refractivity contribution in [1.82, 2.24) is 25.4 Å². The molecule has 138 valence electrons. The van der Waals surface area contributed by atoms with Gasteiger partial charge in [0.15, 0.2) is 5.96 Å². The summed E-state index contributed by atoms with van der Waals surface area (Å²) in [6.07, 6.45) is 3.65. The Morgan fingerprint density at radius 2 is 2.08 bits per heavy atom. The van der Waals surface area contributed by atoms with Crippen molar-refractivity contribution >= 4 is 29.9 Å². The summed E-state index contributed by atoms with van der Waals surface area (Å²) < 4.78 is 0. The van der Waals surface area contributed by atoms with Crippen molar-refractivity contribution in [2.45, 2.75) is 32.2 Å². The lowest BCUT2D eigenvalue weighted by Gasteiger charge is -2.33. The molecule has 1 saturated heterocycles. The molecule has 0 amide bonds. The molecule has 2 heterocycles. The summed E-state index contributed by atoms with van der Waals surface area (Å²) >= 11 is 0. The van der Waals surface area contributed by atoms with Crippen LogP contribution in [0.2, 0.25) is 0 Å². The minimum absolute atomic E-state index is 0. The molecule has 0 saturated carbocycles. The standard InChI is InChI=1S/C18H23N7.HI/c1-2-20-18(21-12-15-5-3-14(11-19)4-6-15)25-9-7-16(8-10-25)17-22-13-23-24-17;/h3-6,13,16H,2,7-10,12H2,1H3,(H,20,21)(H,22,23,24);1H. The number of aliphatic imine (C=N–C) groups is 1. The number of nitrogens with zero attached hydrogens (tertiary/aromatic N) is 5. The first-order valence-corrected chi connectivity index (χ1v) is 8.67. The topological polar surface area (TPSA) is 93.0 Å². The monoisotopic (exact) mass is 465 g/mol. The molecule has 26 heavy (non-hydrogen) atoms. The van der Waals surface area contributed by atoms with Crippen LogP contribution in [0.15, 0.2) is 35.6 Å². The van der Waals surface area contributed by atoms with Crippen LogP contribution in [0, 0.1) is 11.3 Å². The lowest BCUT2D eigenvalue weighted by Crippen LogP contribution is -2.45. The lowest BCUT2D eigenvalue weighted by molar-refractivity contribution is 0.299. The number of nitriles is 1. The van der Waals surface area contributed by atoms with Gasteiger partial charge in [-0.15, -0.1) is 24.0 Å². The van der Waals surface area contributed by atoms with E-state index in [1.165, 1.54) is 0 Å². The minimum Gasteiger partial charge on any atom is -0.357 e. The number of rotatable bonds is 4. The zero-order chi connectivity index (χ0) is 17.5. The molecule has 1 aliphatic rings. The van der Waals surface area contributed by atoms with E-state index < -0.39 is 0 Å². The van der Waals surface area contributed by atoms with Gasteiger partial charge >= 0.3 is 0 Å². The smallest absolute Gasteiger partial charge is 0.194 e. The fraction of sp³-hybridized carbons (Fsp3) is 0.444. The first kappa shape index (κ1) is 20.2. The number of likely N-dealkylation sites (tertiary alicyclic amines) is 1. The van der Waals surface area contributed by atoms with E-state index in [9.17, 15) is 0 Å². The lowest BCUT2D eigenvalue weighted by atomic mass is 9.96. The fourth-order valence-electron chi connectivity index (χ4n) is 3.05. The minimum atomic E-state index is 0. The van der Waals surface area contributed by atoms with Crippen molar-refractivity contribution in [3.05, 3.63) is 47.5 Å². The Kier molecular flexibility index (Phi) is 7.84. The van der Waals surface area contributed by atoms with E-state index >= 15 is 0 Å². The molecule has 2 aromatic rings. The molecular formula is C18H24IN7. The molecule has 0 unspecified atom stereocenters. The Bertz CT molecular complexity index is 726. The van der Waals surface area contributed by atoms with Gasteiger partial charge in [0, 0.05) is 25.6 Å². The first-order chi connectivity index (χ1) is 12.3. The average molecular weight is 465 g/mol. The molecule has 3 rings (SSSR count). The quantitative estimate of drug-likeness (QED) is 0.412. The number of hydrogen-bond donors (Lipinski definition) is 2. The van der Waals surface area contributed by atoms with E-state index in [2.05, 4.69) is 38.4 Å². The highest BCUT2D eigenvalue weighted by molar-refractivity contribution is 14.0. The van der Waals surface area contributed by atoms with E-state index in [0.717, 1.165) is 49.8 Å². The van der Waals surface area contributed by atoms with Crippen LogP contribution in [0.1, 0.15) is 42.6 Å². The van der Waals surface area contributed by atoms with Gasteiger partial charge in [-0.05, 0) is 37.5 Å². The first-order valence-electron chi connectivity index (χ1n) is 8.67. The van der Waals surface area contributed by atoms with Gasteiger partial charge in [-0.2, -0.15) is 10.4 Å². The van der Waals surface area contributed by atoms with Crippen molar-refractivity contribution in [3.8, 4) is 6.07 Å². The number of guanidine groups is 1. The third kappa shape index (κ3) is 5.17. The molecule has 1 aromatic heterocycles. The van der Waals surface area contributed by atoms with Crippen molar-refractivity contribution in [1.29, 1.82) is 5.26 Å². The molecule has 0 aliphatic carbocycles. The maximum Gasteiger partial charge on any atom is 0.194 e. The number of aromatic amines is 1. The Morgan fingerprint density at radius 3 is 2.65 bits per heavy atom. The number of benzene rings is 1. The van der Waals surface area contributed by atoms with Crippen LogP contribution in [0.25, 0.3) is 0 Å². The second-order valence-corrected chi connectivity index (χ2v) is 6.11. The largest absolute Gasteiger partial charge is 0.357 e. The van der Waals surface area contributed by atoms with Crippen molar-refractivity contribution in [2.75, 3.05) is 19.6 Å². The third-order valence-corrected chi connectivity index (χ3v) is 4.44. The van der Waals surface area contributed by atoms with E-state index in [0.29, 0.717) is 18.0 Å². The van der Waals surface area contributed by atoms with Crippen LogP contribution in [-0.2, 0) is 6.54 Å². The highest BCUT2D eigenvalue weighted by atomic mass is 127. The van der Waals surface area contributed by atoms with Crippen LogP contribution < -0.4 is 5.32 Å². The maximum atomic E-state index is 8.87. The average Bonchev–Trinajstić information content (AvgIpc) is 3.20. The summed E-state index contributed by atoms with van der Waals surface area (Å²) in [5.74, 6) is 2.38. The SMILES string of the molecule is CCNC(=NCc1ccc(C#N)cc1)N1CCC(c2ncn[nH]2)CC1.I. The van der Waals surface area contributed by atoms with Crippen molar-refractivity contribution in [2.24, 2.45) is 4.99 Å². The van der Waals surface area contributed by atoms with E-state index in [1.54, 1.807) is 6.33 Å². The zero-order valence-electron chi connectivity index (χ0n) is 14.9. The van der Waals surface area contributed by atoms with Crippen LogP contribution in [0.5, 0.6) is 0 Å². The summed E-state index contributed by atoms with van der Waals surface area (Å²) in [6.45, 7) is 5.43. The van der Waals surface area contributed by atoms with Gasteiger partial charge in [-0.3, -0.25) is 5.10 Å². The molecule has 7 nitrogen and oxygen atoms in total. The molecule has 1 aliphatic heterocycles. The molecule has 0 radical (unpaired) electrons. The molecule has 1 aromatic carbocycles. The number of hydrogen-bond acceptors (Lipinski definition) is 4. The highest BCUT2D eigenvalue weighted by Crippen LogP contribution is 2.25. The predicted octanol–water partition coefficient (Wildman–Crippen LogP) is 2.64. The summed E-state index contributed by atoms with van der Waals surface area (Å²) in [6, 6.07) is 9.73. The Balaban J connectivity index is 0.00000243. The second kappa shape index (κ2) is 10.1. The molecule has 1 fully saturated rings. The molecular weight excluding hydrogens is 441 g/mol. The van der Waals surface area contributed by atoms with Crippen molar-refractivity contribution < 1.29 is 0 Å². The Hall–Kier alpha value is -2.15. The molecule has 8 heteroatoms. The Morgan fingerprint density at radius 1 is 1.35 bits per heavy atom. The van der Waals surface area contributed by atoms with Crippen molar-refractivity contribution in [3.63, 3.8) is 0 Å². The fourth-order valence-corrected chi connectivity index (χ4v) is 3.05. The van der Waals surface area contributed by atoms with Gasteiger partial charge in [0.05, 0.1) is 18.2 Å². The van der Waals surface area contributed by atoms with Gasteiger partial charge in [0.25, 0.3) is 0 Å². The summed E-state index contributed by atoms with van der Waals surface area (Å²) in [7, 11) is 0. The predicted molar refractivity (Wildman–Crippen MR) is 111 cm³/mol. The molecule has 0 spiro atoms. The van der Waals surface area contributed by atoms with E-state index in [-0.39, 0.29) is 24.0 Å². The summed E-state index contributed by atoms with van der Waals surface area (Å²) in [4.78, 5) is 11.4. The zero-order valence-corrected chi connectivity index (χ0v) is 17.2. The van der Waals surface area contributed by atoms with Gasteiger partial charge in [0.1, 0.15) is 12.2 Å². The van der Waals surface area contributed by atoms with Crippen LogP contribution in [-0.4, -0.2) is 45.7 Å². The van der Waals surface area contributed by atoms with Gasteiger partial charge < -0.3 is 10.2 Å². The number of nitrogens with one attached hydrogen (secondary N) is 2. The number of piperidine rings is 1. The van der Waals surface area contributed by atoms with Gasteiger partial charge in [-0.25, -0.2) is 9.98 Å². The van der Waals surface area contributed by atoms with Gasteiger partial charge in [-0.1, -0.05) is 12.1 Å². The van der Waals surface area contributed by atoms with E-state index in [4.69, 9.17) is 10.3 Å². The number of halogens is 1. The van der Waals surface area contributed by atoms with Crippen LogP contribution in [0.3, 0.4) is 0 Å². The molecule has 0 atom stereocenters. The number of H-pyrrole nitrogens is 1. The number of aromatic nitrogens is 3. The Labute approximate surface area is 170 Å². The third-order valence-electron chi connectivity index (χ3n) is 4.44. The summed E-state index contributed by atoms with van der Waals surface area (Å²) in [5, 5.41) is 19.2.